The minimum atomic E-state index is 0.267. The van der Waals surface area contributed by atoms with Gasteiger partial charge in [-0.1, -0.05) is 13.8 Å². The monoisotopic (exact) mass is 250 g/mol. The van der Waals surface area contributed by atoms with Crippen LogP contribution in [0.2, 0.25) is 0 Å². The minimum Gasteiger partial charge on any atom is -0.384 e. The molecule has 1 aliphatic rings. The lowest BCUT2D eigenvalue weighted by atomic mass is 10.2. The fourth-order valence-corrected chi connectivity index (χ4v) is 2.38. The fourth-order valence-electron chi connectivity index (χ4n) is 2.38. The average molecular weight is 250 g/mol. The number of nitrogens with zero attached hydrogens (tertiary/aromatic N) is 2. The minimum absolute atomic E-state index is 0.267. The van der Waals surface area contributed by atoms with E-state index in [1.807, 2.05) is 0 Å². The third-order valence-electron chi connectivity index (χ3n) is 3.37. The van der Waals surface area contributed by atoms with Crippen LogP contribution in [0.25, 0.3) is 0 Å². The van der Waals surface area contributed by atoms with Crippen LogP contribution in [0.5, 0.6) is 0 Å². The van der Waals surface area contributed by atoms with E-state index in [0.29, 0.717) is 11.9 Å². The Morgan fingerprint density at radius 3 is 2.83 bits per heavy atom. The molecule has 1 aliphatic carbocycles. The van der Waals surface area contributed by atoms with Gasteiger partial charge in [-0.3, -0.25) is 0 Å². The molecule has 0 bridgehead atoms. The Labute approximate surface area is 108 Å². The van der Waals surface area contributed by atoms with Crippen molar-refractivity contribution in [1.82, 2.24) is 9.97 Å². The predicted molar refractivity (Wildman–Crippen MR) is 72.6 cm³/mol. The van der Waals surface area contributed by atoms with Gasteiger partial charge in [0.2, 0.25) is 0 Å². The quantitative estimate of drug-likeness (QED) is 0.856. The maximum absolute atomic E-state index is 5.82. The van der Waals surface area contributed by atoms with E-state index in [1.165, 1.54) is 6.42 Å². The van der Waals surface area contributed by atoms with Gasteiger partial charge in [0, 0.05) is 19.1 Å². The first kappa shape index (κ1) is 13.1. The second-order valence-electron chi connectivity index (χ2n) is 5.15. The number of nitrogen functional groups attached to an aromatic ring is 1. The first-order chi connectivity index (χ1) is 8.60. The predicted octanol–water partition coefficient (Wildman–Crippen LogP) is 2.16. The van der Waals surface area contributed by atoms with E-state index in [1.54, 1.807) is 13.2 Å². The molecule has 5 heteroatoms. The van der Waals surface area contributed by atoms with Gasteiger partial charge < -0.3 is 15.8 Å². The number of aromatic nitrogens is 2. The van der Waals surface area contributed by atoms with E-state index in [2.05, 4.69) is 29.1 Å². The number of anilines is 2. The van der Waals surface area contributed by atoms with E-state index in [-0.39, 0.29) is 12.0 Å². The van der Waals surface area contributed by atoms with Crippen LogP contribution < -0.4 is 11.1 Å². The average Bonchev–Trinajstić information content (AvgIpc) is 2.75. The van der Waals surface area contributed by atoms with Crippen LogP contribution in [0.15, 0.2) is 6.07 Å². The van der Waals surface area contributed by atoms with Gasteiger partial charge >= 0.3 is 0 Å². The first-order valence-electron chi connectivity index (χ1n) is 6.54. The Kier molecular flexibility index (Phi) is 4.01. The number of hydrogen-bond donors (Lipinski definition) is 2. The molecule has 1 aromatic rings. The molecule has 0 amide bonds. The van der Waals surface area contributed by atoms with Gasteiger partial charge in [0.05, 0.1) is 12.1 Å². The van der Waals surface area contributed by atoms with E-state index in [4.69, 9.17) is 10.5 Å². The molecule has 1 fully saturated rings. The topological polar surface area (TPSA) is 73.1 Å². The molecule has 0 radical (unpaired) electrons. The number of hydrogen-bond acceptors (Lipinski definition) is 5. The summed E-state index contributed by atoms with van der Waals surface area (Å²) in [5.41, 5.74) is 5.82. The summed E-state index contributed by atoms with van der Waals surface area (Å²) in [5.74, 6) is 2.38. The number of methoxy groups -OCH3 is 1. The summed E-state index contributed by atoms with van der Waals surface area (Å²) in [6.45, 7) is 4.12. The van der Waals surface area contributed by atoms with Crippen molar-refractivity contribution < 1.29 is 4.74 Å². The molecule has 18 heavy (non-hydrogen) atoms. The Bertz CT molecular complexity index is 408. The van der Waals surface area contributed by atoms with Gasteiger partial charge in [-0.25, -0.2) is 9.97 Å². The molecule has 1 aromatic heterocycles. The smallest absolute Gasteiger partial charge is 0.135 e. The molecular weight excluding hydrogens is 228 g/mol. The van der Waals surface area contributed by atoms with Gasteiger partial charge in [-0.2, -0.15) is 0 Å². The third-order valence-corrected chi connectivity index (χ3v) is 3.37. The van der Waals surface area contributed by atoms with Gasteiger partial charge in [0.1, 0.15) is 17.5 Å². The Balaban J connectivity index is 2.13. The molecule has 1 heterocycles. The Hall–Kier alpha value is -1.36. The zero-order valence-electron chi connectivity index (χ0n) is 11.3. The molecule has 2 rings (SSSR count). The second-order valence-corrected chi connectivity index (χ2v) is 5.15. The molecule has 5 nitrogen and oxygen atoms in total. The van der Waals surface area contributed by atoms with Crippen molar-refractivity contribution in [2.24, 2.45) is 0 Å². The highest BCUT2D eigenvalue weighted by Crippen LogP contribution is 2.25. The largest absolute Gasteiger partial charge is 0.384 e. The van der Waals surface area contributed by atoms with Crippen molar-refractivity contribution in [3.63, 3.8) is 0 Å². The SMILES string of the molecule is COC1CCCC1Nc1cc(N)nc(C(C)C)n1. The Morgan fingerprint density at radius 1 is 1.39 bits per heavy atom. The van der Waals surface area contributed by atoms with Crippen molar-refractivity contribution in [2.75, 3.05) is 18.2 Å². The lowest BCUT2D eigenvalue weighted by Gasteiger charge is -2.20. The molecule has 0 spiro atoms. The summed E-state index contributed by atoms with van der Waals surface area (Å²) in [6, 6.07) is 2.11. The Morgan fingerprint density at radius 2 is 2.17 bits per heavy atom. The van der Waals surface area contributed by atoms with E-state index in [9.17, 15) is 0 Å². The van der Waals surface area contributed by atoms with Crippen molar-refractivity contribution in [2.45, 2.75) is 51.2 Å². The number of ether oxygens (including phenoxy) is 1. The summed E-state index contributed by atoms with van der Waals surface area (Å²) in [7, 11) is 1.76. The lowest BCUT2D eigenvalue weighted by molar-refractivity contribution is 0.101. The molecular formula is C13H22N4O. The first-order valence-corrected chi connectivity index (χ1v) is 6.54. The maximum atomic E-state index is 5.82. The van der Waals surface area contributed by atoms with Crippen LogP contribution in [-0.2, 0) is 4.74 Å². The molecule has 100 valence electrons. The van der Waals surface area contributed by atoms with E-state index < -0.39 is 0 Å². The van der Waals surface area contributed by atoms with Crippen molar-refractivity contribution in [3.05, 3.63) is 11.9 Å². The van der Waals surface area contributed by atoms with Gasteiger partial charge in [-0.05, 0) is 19.3 Å². The van der Waals surface area contributed by atoms with Crippen LogP contribution in [0.4, 0.5) is 11.6 Å². The van der Waals surface area contributed by atoms with E-state index >= 15 is 0 Å². The summed E-state index contributed by atoms with van der Waals surface area (Å²) >= 11 is 0. The number of nitrogens with one attached hydrogen (secondary N) is 1. The molecule has 2 unspecified atom stereocenters. The molecule has 3 N–H and O–H groups in total. The highest BCUT2D eigenvalue weighted by Gasteiger charge is 2.27. The maximum Gasteiger partial charge on any atom is 0.135 e. The fraction of sp³-hybridized carbons (Fsp3) is 0.692. The molecule has 0 aromatic carbocycles. The summed E-state index contributed by atoms with van der Waals surface area (Å²) < 4.78 is 5.47. The molecule has 0 saturated heterocycles. The number of rotatable bonds is 4. The molecule has 2 atom stereocenters. The summed E-state index contributed by atoms with van der Waals surface area (Å²) in [5, 5.41) is 3.42. The van der Waals surface area contributed by atoms with Gasteiger partial charge in [0.15, 0.2) is 0 Å². The van der Waals surface area contributed by atoms with Gasteiger partial charge in [0.25, 0.3) is 0 Å². The van der Waals surface area contributed by atoms with Crippen LogP contribution in [0.3, 0.4) is 0 Å². The zero-order valence-corrected chi connectivity index (χ0v) is 11.3. The third kappa shape index (κ3) is 2.90. The highest BCUT2D eigenvalue weighted by atomic mass is 16.5. The zero-order chi connectivity index (χ0) is 13.1. The van der Waals surface area contributed by atoms with E-state index in [0.717, 1.165) is 24.5 Å². The van der Waals surface area contributed by atoms with Crippen LogP contribution in [-0.4, -0.2) is 29.2 Å². The summed E-state index contributed by atoms with van der Waals surface area (Å²) in [6.07, 6.45) is 3.67. The van der Waals surface area contributed by atoms with Crippen molar-refractivity contribution in [1.29, 1.82) is 0 Å². The van der Waals surface area contributed by atoms with Crippen LogP contribution in [0.1, 0.15) is 44.9 Å². The number of nitrogens with two attached hydrogens (primary N) is 1. The summed E-state index contributed by atoms with van der Waals surface area (Å²) in [4.78, 5) is 8.75. The highest BCUT2D eigenvalue weighted by molar-refractivity contribution is 5.46. The standard InChI is InChI=1S/C13H22N4O/c1-8(2)13-16-11(14)7-12(17-13)15-9-5-4-6-10(9)18-3/h7-10H,4-6H2,1-3H3,(H3,14,15,16,17). The normalized spacial score (nSPS) is 23.6. The van der Waals surface area contributed by atoms with Crippen molar-refractivity contribution in [3.8, 4) is 0 Å². The lowest BCUT2D eigenvalue weighted by Crippen LogP contribution is -2.30. The molecule has 1 saturated carbocycles. The van der Waals surface area contributed by atoms with Crippen LogP contribution >= 0.6 is 0 Å². The van der Waals surface area contributed by atoms with Crippen molar-refractivity contribution >= 4 is 11.6 Å². The van der Waals surface area contributed by atoms with Crippen LogP contribution in [0, 0.1) is 0 Å². The second kappa shape index (κ2) is 5.52. The molecule has 0 aliphatic heterocycles. The van der Waals surface area contributed by atoms with Gasteiger partial charge in [-0.15, -0.1) is 0 Å².